The van der Waals surface area contributed by atoms with E-state index in [0.29, 0.717) is 15.0 Å². The fraction of sp³-hybridized carbons (Fsp3) is 0.214. The number of rotatable bonds is 3. The van der Waals surface area contributed by atoms with E-state index in [1.807, 2.05) is 0 Å². The number of nitrogens with zero attached hydrogens (tertiary/aromatic N) is 1. The Morgan fingerprint density at radius 2 is 2.14 bits per heavy atom. The zero-order valence-electron chi connectivity index (χ0n) is 10.9. The highest BCUT2D eigenvalue weighted by Gasteiger charge is 2.27. The summed E-state index contributed by atoms with van der Waals surface area (Å²) in [5.74, 6) is -1.34. The van der Waals surface area contributed by atoms with Crippen molar-refractivity contribution in [3.05, 3.63) is 44.5 Å². The Hall–Kier alpha value is -1.73. The van der Waals surface area contributed by atoms with Crippen LogP contribution in [0.25, 0.3) is 0 Å². The molecule has 1 aliphatic carbocycles. The highest BCUT2D eigenvalue weighted by atomic mass is 79.9. The number of aryl methyl sites for hydroxylation is 1. The topological polar surface area (TPSA) is 79.3 Å². The number of carboxylic acid groups (broad SMARTS) is 1. The maximum atomic E-state index is 12.2. The summed E-state index contributed by atoms with van der Waals surface area (Å²) < 4.78 is 0.697. The molecule has 0 fully saturated rings. The van der Waals surface area contributed by atoms with Gasteiger partial charge in [-0.15, -0.1) is 11.3 Å². The summed E-state index contributed by atoms with van der Waals surface area (Å²) in [7, 11) is 0. The predicted octanol–water partition coefficient (Wildman–Crippen LogP) is 3.34. The zero-order chi connectivity index (χ0) is 15.0. The van der Waals surface area contributed by atoms with E-state index in [1.54, 1.807) is 12.3 Å². The van der Waals surface area contributed by atoms with Crippen molar-refractivity contribution in [3.8, 4) is 0 Å². The summed E-state index contributed by atoms with van der Waals surface area (Å²) >= 11 is 4.61. The number of thiophene rings is 1. The van der Waals surface area contributed by atoms with Gasteiger partial charge in [-0.25, -0.2) is 4.79 Å². The number of aromatic carboxylic acids is 1. The van der Waals surface area contributed by atoms with Crippen molar-refractivity contribution in [1.29, 1.82) is 0 Å². The van der Waals surface area contributed by atoms with Gasteiger partial charge < -0.3 is 10.4 Å². The highest BCUT2D eigenvalue weighted by molar-refractivity contribution is 9.10. The van der Waals surface area contributed by atoms with Crippen molar-refractivity contribution in [2.45, 2.75) is 19.3 Å². The molecule has 1 aliphatic rings. The Morgan fingerprint density at radius 3 is 2.86 bits per heavy atom. The minimum Gasteiger partial charge on any atom is -0.478 e. The largest absolute Gasteiger partial charge is 0.478 e. The lowest BCUT2D eigenvalue weighted by Crippen LogP contribution is -2.14. The van der Waals surface area contributed by atoms with Gasteiger partial charge in [-0.05, 0) is 46.8 Å². The molecule has 0 aliphatic heterocycles. The van der Waals surface area contributed by atoms with E-state index in [9.17, 15) is 14.7 Å². The van der Waals surface area contributed by atoms with Crippen LogP contribution < -0.4 is 5.32 Å². The molecule has 0 unspecified atom stereocenters. The lowest BCUT2D eigenvalue weighted by molar-refractivity contribution is 0.0697. The maximum Gasteiger partial charge on any atom is 0.339 e. The van der Waals surface area contributed by atoms with Gasteiger partial charge in [0.05, 0.1) is 11.1 Å². The fourth-order valence-corrected chi connectivity index (χ4v) is 4.07. The van der Waals surface area contributed by atoms with Crippen LogP contribution in [0.5, 0.6) is 0 Å². The molecule has 5 nitrogen and oxygen atoms in total. The molecular formula is C14H11BrN2O3S. The van der Waals surface area contributed by atoms with Crippen LogP contribution in [-0.4, -0.2) is 22.0 Å². The number of halogens is 1. The summed E-state index contributed by atoms with van der Waals surface area (Å²) in [5, 5.41) is 12.5. The third-order valence-corrected chi connectivity index (χ3v) is 4.97. The third-order valence-electron chi connectivity index (χ3n) is 3.33. The van der Waals surface area contributed by atoms with Crippen LogP contribution in [-0.2, 0) is 12.8 Å². The minimum absolute atomic E-state index is 0.240. The van der Waals surface area contributed by atoms with Crippen LogP contribution in [0.4, 0.5) is 5.00 Å². The molecule has 3 rings (SSSR count). The van der Waals surface area contributed by atoms with Gasteiger partial charge in [-0.3, -0.25) is 9.78 Å². The second-order valence-corrected chi connectivity index (χ2v) is 6.73. The molecule has 2 N–H and O–H groups in total. The monoisotopic (exact) mass is 366 g/mol. The number of hydrogen-bond acceptors (Lipinski definition) is 4. The second kappa shape index (κ2) is 5.57. The highest BCUT2D eigenvalue weighted by Crippen LogP contribution is 2.39. The quantitative estimate of drug-likeness (QED) is 0.872. The van der Waals surface area contributed by atoms with Crippen molar-refractivity contribution in [1.82, 2.24) is 4.98 Å². The van der Waals surface area contributed by atoms with E-state index < -0.39 is 5.97 Å². The molecule has 0 bridgehead atoms. The van der Waals surface area contributed by atoms with Crippen molar-refractivity contribution in [2.24, 2.45) is 0 Å². The Bertz CT molecular complexity index is 742. The molecule has 21 heavy (non-hydrogen) atoms. The van der Waals surface area contributed by atoms with Crippen molar-refractivity contribution in [2.75, 3.05) is 5.32 Å². The number of amides is 1. The van der Waals surface area contributed by atoms with Gasteiger partial charge in [-0.1, -0.05) is 0 Å². The molecule has 2 aromatic rings. The summed E-state index contributed by atoms with van der Waals surface area (Å²) in [5.41, 5.74) is 1.49. The summed E-state index contributed by atoms with van der Waals surface area (Å²) in [6.45, 7) is 0. The van der Waals surface area contributed by atoms with Gasteiger partial charge in [0.25, 0.3) is 5.91 Å². The molecular weight excluding hydrogens is 356 g/mol. The number of anilines is 1. The normalized spacial score (nSPS) is 13.0. The average molecular weight is 367 g/mol. The first kappa shape index (κ1) is 14.2. The second-order valence-electron chi connectivity index (χ2n) is 4.71. The van der Waals surface area contributed by atoms with E-state index in [1.165, 1.54) is 17.5 Å². The van der Waals surface area contributed by atoms with E-state index >= 15 is 0 Å². The summed E-state index contributed by atoms with van der Waals surface area (Å²) in [4.78, 5) is 28.7. The number of pyridine rings is 1. The number of fused-ring (bicyclic) bond motifs is 1. The van der Waals surface area contributed by atoms with Crippen LogP contribution in [0, 0.1) is 0 Å². The molecule has 0 saturated carbocycles. The first-order valence-electron chi connectivity index (χ1n) is 6.36. The Morgan fingerprint density at radius 1 is 1.33 bits per heavy atom. The molecule has 2 heterocycles. The average Bonchev–Trinajstić information content (AvgIpc) is 2.98. The summed E-state index contributed by atoms with van der Waals surface area (Å²) in [6.07, 6.45) is 5.66. The first-order valence-corrected chi connectivity index (χ1v) is 7.97. The third kappa shape index (κ3) is 2.71. The van der Waals surface area contributed by atoms with Gasteiger partial charge in [-0.2, -0.15) is 0 Å². The molecule has 0 saturated heterocycles. The van der Waals surface area contributed by atoms with E-state index in [2.05, 4.69) is 26.2 Å². The lowest BCUT2D eigenvalue weighted by Gasteiger charge is -2.05. The Kier molecular flexibility index (Phi) is 3.77. The number of aromatic nitrogens is 1. The van der Waals surface area contributed by atoms with Gasteiger partial charge >= 0.3 is 5.97 Å². The smallest absolute Gasteiger partial charge is 0.339 e. The number of nitrogens with one attached hydrogen (secondary N) is 1. The summed E-state index contributed by atoms with van der Waals surface area (Å²) in [6, 6.07) is 1.64. The van der Waals surface area contributed by atoms with E-state index in [0.717, 1.165) is 29.7 Å². The van der Waals surface area contributed by atoms with Crippen molar-refractivity contribution in [3.63, 3.8) is 0 Å². The standard InChI is InChI=1S/C14H11BrN2O3S/c15-8-4-7(5-16-6-8)12(18)17-13-11(14(19)20)9-2-1-3-10(9)21-13/h4-6H,1-3H2,(H,17,18)(H,19,20). The Labute approximate surface area is 133 Å². The van der Waals surface area contributed by atoms with Crippen molar-refractivity contribution < 1.29 is 14.7 Å². The molecule has 0 atom stereocenters. The van der Waals surface area contributed by atoms with E-state index in [-0.39, 0.29) is 11.5 Å². The van der Waals surface area contributed by atoms with E-state index in [4.69, 9.17) is 0 Å². The van der Waals surface area contributed by atoms with Crippen LogP contribution in [0.1, 0.15) is 37.6 Å². The molecule has 108 valence electrons. The van der Waals surface area contributed by atoms with Gasteiger partial charge in [0.1, 0.15) is 5.00 Å². The minimum atomic E-state index is -0.989. The fourth-order valence-electron chi connectivity index (χ4n) is 2.43. The first-order chi connectivity index (χ1) is 10.1. The predicted molar refractivity (Wildman–Crippen MR) is 83.2 cm³/mol. The Balaban J connectivity index is 1.92. The van der Waals surface area contributed by atoms with Gasteiger partial charge in [0.2, 0.25) is 0 Å². The van der Waals surface area contributed by atoms with Crippen LogP contribution >= 0.6 is 27.3 Å². The SMILES string of the molecule is O=C(Nc1sc2c(c1C(=O)O)CCC2)c1cncc(Br)c1. The van der Waals surface area contributed by atoms with Gasteiger partial charge in [0, 0.05) is 21.7 Å². The molecule has 0 spiro atoms. The zero-order valence-corrected chi connectivity index (χ0v) is 13.3. The maximum absolute atomic E-state index is 12.2. The molecule has 7 heteroatoms. The van der Waals surface area contributed by atoms with Crippen molar-refractivity contribution >= 4 is 44.1 Å². The number of hydrogen-bond donors (Lipinski definition) is 2. The molecule has 0 aromatic carbocycles. The molecule has 2 aromatic heterocycles. The lowest BCUT2D eigenvalue weighted by atomic mass is 10.1. The molecule has 1 amide bonds. The van der Waals surface area contributed by atoms with Crippen LogP contribution in [0.3, 0.4) is 0 Å². The van der Waals surface area contributed by atoms with Crippen LogP contribution in [0.2, 0.25) is 0 Å². The van der Waals surface area contributed by atoms with Crippen LogP contribution in [0.15, 0.2) is 22.9 Å². The number of carbonyl (C=O) groups is 2. The van der Waals surface area contributed by atoms with Gasteiger partial charge in [0.15, 0.2) is 0 Å². The molecule has 0 radical (unpaired) electrons. The number of carbonyl (C=O) groups excluding carboxylic acids is 1. The number of carboxylic acids is 1.